The van der Waals surface area contributed by atoms with Gasteiger partial charge in [0, 0.05) is 31.8 Å². The van der Waals surface area contributed by atoms with Crippen LogP contribution in [0.5, 0.6) is 0 Å². The highest BCUT2D eigenvalue weighted by molar-refractivity contribution is 4.91. The minimum absolute atomic E-state index is 0.400. The topological polar surface area (TPSA) is 38.5 Å². The van der Waals surface area contributed by atoms with E-state index in [-0.39, 0.29) is 0 Å². The van der Waals surface area contributed by atoms with E-state index in [1.165, 1.54) is 58.0 Å². The predicted octanol–water partition coefficient (Wildman–Crippen LogP) is 2.78. The fraction of sp³-hybridized carbons (Fsp3) is 1.00. The van der Waals surface area contributed by atoms with Crippen molar-refractivity contribution < 1.29 is 4.74 Å². The molecule has 0 aromatic carbocycles. The van der Waals surface area contributed by atoms with Gasteiger partial charge in [0.1, 0.15) is 0 Å². The molecule has 2 fully saturated rings. The van der Waals surface area contributed by atoms with Crippen LogP contribution in [0.1, 0.15) is 58.8 Å². The van der Waals surface area contributed by atoms with Gasteiger partial charge in [-0.15, -0.1) is 0 Å². The minimum Gasteiger partial charge on any atom is -0.378 e. The zero-order valence-electron chi connectivity index (χ0n) is 12.8. The Morgan fingerprint density at radius 2 is 1.84 bits per heavy atom. The monoisotopic (exact) mass is 268 g/mol. The number of hydrogen-bond acceptors (Lipinski definition) is 3. The Balaban J connectivity index is 1.82. The maximum atomic E-state index is 6.39. The summed E-state index contributed by atoms with van der Waals surface area (Å²) in [5.74, 6) is 0.916. The van der Waals surface area contributed by atoms with Crippen LogP contribution in [0.2, 0.25) is 0 Å². The molecule has 0 aromatic rings. The molecule has 0 radical (unpaired) electrons. The molecule has 2 N–H and O–H groups in total. The summed E-state index contributed by atoms with van der Waals surface area (Å²) in [6.45, 7) is 7.62. The standard InChI is InChI=1S/C16H32N2O/c1-3-5-13-6-7-15(17)16(12-13)18-10-8-14(9-11-18)19-4-2/h13-16H,3-12,17H2,1-2H3. The number of ether oxygens (including phenoxy) is 1. The molecule has 3 nitrogen and oxygen atoms in total. The highest BCUT2D eigenvalue weighted by Gasteiger charge is 2.33. The van der Waals surface area contributed by atoms with E-state index in [0.717, 1.165) is 12.5 Å². The molecule has 3 atom stereocenters. The SMILES string of the molecule is CCCC1CCC(N)C(N2CCC(OCC)CC2)C1. The highest BCUT2D eigenvalue weighted by atomic mass is 16.5. The predicted molar refractivity (Wildman–Crippen MR) is 80.2 cm³/mol. The third-order valence-corrected chi connectivity index (χ3v) is 5.02. The molecule has 0 aromatic heterocycles. The molecule has 2 aliphatic rings. The minimum atomic E-state index is 0.400. The van der Waals surface area contributed by atoms with Gasteiger partial charge in [-0.25, -0.2) is 0 Å². The molecule has 1 aliphatic carbocycles. The van der Waals surface area contributed by atoms with Gasteiger partial charge >= 0.3 is 0 Å². The molecule has 0 amide bonds. The first-order chi connectivity index (χ1) is 9.24. The number of rotatable bonds is 5. The van der Waals surface area contributed by atoms with Gasteiger partial charge in [-0.3, -0.25) is 4.90 Å². The zero-order chi connectivity index (χ0) is 13.7. The summed E-state index contributed by atoms with van der Waals surface area (Å²) in [4.78, 5) is 2.65. The lowest BCUT2D eigenvalue weighted by Crippen LogP contribution is -2.54. The molecule has 1 heterocycles. The lowest BCUT2D eigenvalue weighted by atomic mass is 9.79. The molecule has 1 aliphatic heterocycles. The van der Waals surface area contributed by atoms with E-state index in [4.69, 9.17) is 10.5 Å². The summed E-state index contributed by atoms with van der Waals surface area (Å²) >= 11 is 0. The van der Waals surface area contributed by atoms with Crippen LogP contribution in [0, 0.1) is 5.92 Å². The number of likely N-dealkylation sites (tertiary alicyclic amines) is 1. The van der Waals surface area contributed by atoms with Crippen LogP contribution < -0.4 is 5.73 Å². The van der Waals surface area contributed by atoms with Gasteiger partial charge in [-0.05, 0) is 44.9 Å². The summed E-state index contributed by atoms with van der Waals surface area (Å²) < 4.78 is 5.75. The highest BCUT2D eigenvalue weighted by Crippen LogP contribution is 2.31. The third-order valence-electron chi connectivity index (χ3n) is 5.02. The molecule has 2 rings (SSSR count). The second kappa shape index (κ2) is 7.61. The molecule has 1 saturated heterocycles. The van der Waals surface area contributed by atoms with Crippen molar-refractivity contribution in [3.63, 3.8) is 0 Å². The fourth-order valence-electron chi connectivity index (χ4n) is 3.95. The molecule has 1 saturated carbocycles. The molecule has 3 heteroatoms. The van der Waals surface area contributed by atoms with Gasteiger partial charge in [-0.1, -0.05) is 19.8 Å². The van der Waals surface area contributed by atoms with Crippen LogP contribution in [0.3, 0.4) is 0 Å². The molecule has 112 valence electrons. The number of hydrogen-bond donors (Lipinski definition) is 1. The van der Waals surface area contributed by atoms with Crippen molar-refractivity contribution >= 4 is 0 Å². The Morgan fingerprint density at radius 1 is 1.11 bits per heavy atom. The van der Waals surface area contributed by atoms with E-state index in [1.807, 2.05) is 0 Å². The molecule has 3 unspecified atom stereocenters. The molecular weight excluding hydrogens is 236 g/mol. The third kappa shape index (κ3) is 4.17. The van der Waals surface area contributed by atoms with E-state index in [9.17, 15) is 0 Å². The quantitative estimate of drug-likeness (QED) is 0.833. The van der Waals surface area contributed by atoms with Gasteiger partial charge in [0.15, 0.2) is 0 Å². The summed E-state index contributed by atoms with van der Waals surface area (Å²) in [6.07, 6.45) is 9.48. The van der Waals surface area contributed by atoms with Crippen molar-refractivity contribution in [3.05, 3.63) is 0 Å². The van der Waals surface area contributed by atoms with Crippen molar-refractivity contribution in [2.24, 2.45) is 11.7 Å². The fourth-order valence-corrected chi connectivity index (χ4v) is 3.95. The summed E-state index contributed by atoms with van der Waals surface area (Å²) in [7, 11) is 0. The number of nitrogens with zero attached hydrogens (tertiary/aromatic N) is 1. The second-order valence-corrected chi connectivity index (χ2v) is 6.39. The van der Waals surface area contributed by atoms with E-state index >= 15 is 0 Å². The van der Waals surface area contributed by atoms with Gasteiger partial charge in [0.2, 0.25) is 0 Å². The largest absolute Gasteiger partial charge is 0.378 e. The molecular formula is C16H32N2O. The van der Waals surface area contributed by atoms with Crippen molar-refractivity contribution in [2.75, 3.05) is 19.7 Å². The van der Waals surface area contributed by atoms with Crippen molar-refractivity contribution in [3.8, 4) is 0 Å². The summed E-state index contributed by atoms with van der Waals surface area (Å²) in [5, 5.41) is 0. The smallest absolute Gasteiger partial charge is 0.0599 e. The van der Waals surface area contributed by atoms with Crippen LogP contribution in [-0.4, -0.2) is 42.8 Å². The van der Waals surface area contributed by atoms with Crippen LogP contribution >= 0.6 is 0 Å². The lowest BCUT2D eigenvalue weighted by molar-refractivity contribution is -0.00721. The van der Waals surface area contributed by atoms with Gasteiger partial charge in [0.05, 0.1) is 6.10 Å². The maximum absolute atomic E-state index is 6.39. The van der Waals surface area contributed by atoms with Crippen LogP contribution in [0.4, 0.5) is 0 Å². The van der Waals surface area contributed by atoms with Gasteiger partial charge < -0.3 is 10.5 Å². The average molecular weight is 268 g/mol. The van der Waals surface area contributed by atoms with E-state index in [0.29, 0.717) is 18.2 Å². The van der Waals surface area contributed by atoms with E-state index < -0.39 is 0 Å². The number of piperidine rings is 1. The van der Waals surface area contributed by atoms with E-state index in [2.05, 4.69) is 18.7 Å². The van der Waals surface area contributed by atoms with Crippen LogP contribution in [0.25, 0.3) is 0 Å². The zero-order valence-corrected chi connectivity index (χ0v) is 12.8. The molecule has 0 spiro atoms. The maximum Gasteiger partial charge on any atom is 0.0599 e. The summed E-state index contributed by atoms with van der Waals surface area (Å²) in [6, 6.07) is 1.03. The van der Waals surface area contributed by atoms with Crippen LogP contribution in [-0.2, 0) is 4.74 Å². The number of nitrogens with two attached hydrogens (primary N) is 1. The second-order valence-electron chi connectivity index (χ2n) is 6.39. The van der Waals surface area contributed by atoms with Crippen molar-refractivity contribution in [2.45, 2.75) is 77.0 Å². The first-order valence-corrected chi connectivity index (χ1v) is 8.35. The molecule has 19 heavy (non-hydrogen) atoms. The van der Waals surface area contributed by atoms with Crippen LogP contribution in [0.15, 0.2) is 0 Å². The Bertz CT molecular complexity index is 251. The van der Waals surface area contributed by atoms with E-state index in [1.54, 1.807) is 0 Å². The Morgan fingerprint density at radius 3 is 2.47 bits per heavy atom. The lowest BCUT2D eigenvalue weighted by Gasteiger charge is -2.44. The Kier molecular flexibility index (Phi) is 6.11. The normalized spacial score (nSPS) is 34.6. The van der Waals surface area contributed by atoms with Crippen molar-refractivity contribution in [1.82, 2.24) is 4.90 Å². The Labute approximate surface area is 118 Å². The van der Waals surface area contributed by atoms with Gasteiger partial charge in [0.25, 0.3) is 0 Å². The van der Waals surface area contributed by atoms with Gasteiger partial charge in [-0.2, -0.15) is 0 Å². The van der Waals surface area contributed by atoms with Crippen molar-refractivity contribution in [1.29, 1.82) is 0 Å². The first kappa shape index (κ1) is 15.3. The Hall–Kier alpha value is -0.120. The first-order valence-electron chi connectivity index (χ1n) is 8.35. The molecule has 0 bridgehead atoms. The average Bonchev–Trinajstić information content (AvgIpc) is 2.43. The summed E-state index contributed by atoms with van der Waals surface area (Å²) in [5.41, 5.74) is 6.39.